The van der Waals surface area contributed by atoms with Crippen molar-refractivity contribution in [1.29, 1.82) is 0 Å². The van der Waals surface area contributed by atoms with Crippen LogP contribution in [0.2, 0.25) is 0 Å². The van der Waals surface area contributed by atoms with Crippen LogP contribution in [0.15, 0.2) is 65.1 Å². The van der Waals surface area contributed by atoms with Crippen LogP contribution in [0.25, 0.3) is 22.2 Å². The zero-order valence-corrected chi connectivity index (χ0v) is 21.3. The first-order chi connectivity index (χ1) is 17.4. The predicted molar refractivity (Wildman–Crippen MR) is 141 cm³/mol. The van der Waals surface area contributed by atoms with Crippen LogP contribution in [0.3, 0.4) is 0 Å². The number of carboxylic acid groups (broad SMARTS) is 1. The Morgan fingerprint density at radius 2 is 1.75 bits per heavy atom. The molecule has 0 bridgehead atoms. The molecule has 188 valence electrons. The summed E-state index contributed by atoms with van der Waals surface area (Å²) in [5.74, 6) is 1.78. The Morgan fingerprint density at radius 3 is 2.42 bits per heavy atom. The minimum absolute atomic E-state index is 0.292. The maximum atomic E-state index is 11.4. The topological polar surface area (TPSA) is 81.8 Å². The van der Waals surface area contributed by atoms with Gasteiger partial charge < -0.3 is 19.0 Å². The standard InChI is InChI=1S/C30H33NO5/c1-19(2)21-11-13-22(14-12-21)29-31-26(20(3)36-29)10-7-17-35-27-16-15-23(18-28(34-4)30(32)33)24-8-5-6-9-25(24)27/h5-6,8-9,11-16,19,28H,7,10,17-18H2,1-4H3,(H,32,33). The lowest BCUT2D eigenvalue weighted by Crippen LogP contribution is -2.24. The third-order valence-corrected chi connectivity index (χ3v) is 6.47. The second-order valence-corrected chi connectivity index (χ2v) is 9.29. The molecule has 4 aromatic rings. The number of aliphatic carboxylic acids is 1. The van der Waals surface area contributed by atoms with Gasteiger partial charge in [-0.05, 0) is 60.4 Å². The first kappa shape index (κ1) is 25.5. The molecule has 0 aliphatic heterocycles. The van der Waals surface area contributed by atoms with Gasteiger partial charge in [-0.3, -0.25) is 0 Å². The molecule has 0 aliphatic rings. The highest BCUT2D eigenvalue weighted by molar-refractivity contribution is 5.91. The zero-order valence-electron chi connectivity index (χ0n) is 21.3. The number of benzene rings is 3. The van der Waals surface area contributed by atoms with E-state index in [0.29, 0.717) is 24.8 Å². The first-order valence-electron chi connectivity index (χ1n) is 12.3. The molecule has 6 nitrogen and oxygen atoms in total. The van der Waals surface area contributed by atoms with Crippen molar-refractivity contribution >= 4 is 16.7 Å². The van der Waals surface area contributed by atoms with Gasteiger partial charge >= 0.3 is 5.97 Å². The van der Waals surface area contributed by atoms with E-state index in [1.54, 1.807) is 0 Å². The van der Waals surface area contributed by atoms with Crippen LogP contribution in [0.4, 0.5) is 0 Å². The van der Waals surface area contributed by atoms with Gasteiger partial charge in [0.05, 0.1) is 12.3 Å². The Bertz CT molecular complexity index is 1320. The largest absolute Gasteiger partial charge is 0.493 e. The number of carboxylic acids is 1. The third-order valence-electron chi connectivity index (χ3n) is 6.47. The van der Waals surface area contributed by atoms with E-state index in [9.17, 15) is 9.90 Å². The lowest BCUT2D eigenvalue weighted by Gasteiger charge is -2.15. The second kappa shape index (κ2) is 11.4. The van der Waals surface area contributed by atoms with Gasteiger partial charge in [0.2, 0.25) is 5.89 Å². The van der Waals surface area contributed by atoms with E-state index in [1.165, 1.54) is 12.7 Å². The molecule has 0 amide bonds. The number of hydrogen-bond acceptors (Lipinski definition) is 5. The number of carbonyl (C=O) groups is 1. The quantitative estimate of drug-likeness (QED) is 0.241. The second-order valence-electron chi connectivity index (χ2n) is 9.29. The van der Waals surface area contributed by atoms with Crippen molar-refractivity contribution in [1.82, 2.24) is 4.98 Å². The lowest BCUT2D eigenvalue weighted by atomic mass is 9.99. The molecule has 0 fully saturated rings. The molecule has 3 aromatic carbocycles. The molecule has 0 saturated carbocycles. The summed E-state index contributed by atoms with van der Waals surface area (Å²) in [5, 5.41) is 11.3. The normalized spacial score (nSPS) is 12.2. The Morgan fingerprint density at radius 1 is 1.03 bits per heavy atom. The molecule has 1 atom stereocenters. The average Bonchev–Trinajstić information content (AvgIpc) is 3.25. The molecule has 0 saturated heterocycles. The van der Waals surface area contributed by atoms with Crippen LogP contribution in [0.1, 0.15) is 48.8 Å². The summed E-state index contributed by atoms with van der Waals surface area (Å²) in [6.07, 6.45) is 0.952. The van der Waals surface area contributed by atoms with Gasteiger partial charge in [-0.2, -0.15) is 0 Å². The molecule has 1 aromatic heterocycles. The van der Waals surface area contributed by atoms with E-state index < -0.39 is 12.1 Å². The molecular formula is C30H33NO5. The van der Waals surface area contributed by atoms with Crippen molar-refractivity contribution < 1.29 is 23.8 Å². The molecule has 0 radical (unpaired) electrons. The molecule has 36 heavy (non-hydrogen) atoms. The SMILES string of the molecule is COC(Cc1ccc(OCCCc2nc(-c3ccc(C(C)C)cc3)oc2C)c2ccccc12)C(=O)O. The van der Waals surface area contributed by atoms with Gasteiger partial charge in [-0.15, -0.1) is 0 Å². The van der Waals surface area contributed by atoms with Crippen LogP contribution >= 0.6 is 0 Å². The number of ether oxygens (including phenoxy) is 2. The average molecular weight is 488 g/mol. The summed E-state index contributed by atoms with van der Waals surface area (Å²) in [7, 11) is 1.42. The van der Waals surface area contributed by atoms with Crippen LogP contribution in [0, 0.1) is 6.92 Å². The van der Waals surface area contributed by atoms with Crippen LogP contribution < -0.4 is 4.74 Å². The van der Waals surface area contributed by atoms with Crippen LogP contribution in [0.5, 0.6) is 5.75 Å². The third kappa shape index (κ3) is 5.77. The minimum Gasteiger partial charge on any atom is -0.493 e. The number of fused-ring (bicyclic) bond motifs is 1. The molecule has 1 unspecified atom stereocenters. The van der Waals surface area contributed by atoms with Crippen molar-refractivity contribution in [2.75, 3.05) is 13.7 Å². The van der Waals surface area contributed by atoms with Crippen molar-refractivity contribution in [3.63, 3.8) is 0 Å². The van der Waals surface area contributed by atoms with Gasteiger partial charge in [0.15, 0.2) is 6.10 Å². The minimum atomic E-state index is -0.971. The van der Waals surface area contributed by atoms with E-state index in [4.69, 9.17) is 18.9 Å². The number of hydrogen-bond donors (Lipinski definition) is 1. The molecule has 0 spiro atoms. The van der Waals surface area contributed by atoms with E-state index in [0.717, 1.165) is 51.9 Å². The summed E-state index contributed by atoms with van der Waals surface area (Å²) in [6.45, 7) is 6.84. The molecule has 6 heteroatoms. The highest BCUT2D eigenvalue weighted by Crippen LogP contribution is 2.30. The molecule has 4 rings (SSSR count). The van der Waals surface area contributed by atoms with Crippen molar-refractivity contribution in [3.8, 4) is 17.2 Å². The number of rotatable bonds is 11. The highest BCUT2D eigenvalue weighted by Gasteiger charge is 2.19. The molecule has 0 aliphatic carbocycles. The molecule has 1 heterocycles. The number of methoxy groups -OCH3 is 1. The van der Waals surface area contributed by atoms with Crippen molar-refractivity contribution in [2.45, 2.75) is 52.1 Å². The lowest BCUT2D eigenvalue weighted by molar-refractivity contribution is -0.148. The zero-order chi connectivity index (χ0) is 25.7. The maximum absolute atomic E-state index is 11.4. The summed E-state index contributed by atoms with van der Waals surface area (Å²) >= 11 is 0. The van der Waals surface area contributed by atoms with E-state index in [1.807, 2.05) is 43.3 Å². The maximum Gasteiger partial charge on any atom is 0.333 e. The summed E-state index contributed by atoms with van der Waals surface area (Å²) < 4.78 is 17.2. The number of aromatic nitrogens is 1. The van der Waals surface area contributed by atoms with Gasteiger partial charge in [-0.1, -0.05) is 56.3 Å². The van der Waals surface area contributed by atoms with Crippen LogP contribution in [-0.2, 0) is 22.4 Å². The van der Waals surface area contributed by atoms with E-state index in [2.05, 4.69) is 38.1 Å². The Labute approximate surface area is 211 Å². The summed E-state index contributed by atoms with van der Waals surface area (Å²) in [5.41, 5.74) is 4.14. The summed E-state index contributed by atoms with van der Waals surface area (Å²) in [4.78, 5) is 16.1. The number of nitrogens with zero attached hydrogens (tertiary/aromatic N) is 1. The van der Waals surface area contributed by atoms with Gasteiger partial charge in [0.1, 0.15) is 11.5 Å². The van der Waals surface area contributed by atoms with Gasteiger partial charge in [0.25, 0.3) is 0 Å². The van der Waals surface area contributed by atoms with Crippen molar-refractivity contribution in [3.05, 3.63) is 83.2 Å². The summed E-state index contributed by atoms with van der Waals surface area (Å²) in [6, 6.07) is 20.1. The fourth-order valence-corrected chi connectivity index (χ4v) is 4.32. The van der Waals surface area contributed by atoms with Crippen LogP contribution in [-0.4, -0.2) is 35.9 Å². The van der Waals surface area contributed by atoms with Gasteiger partial charge in [0, 0.05) is 24.5 Å². The highest BCUT2D eigenvalue weighted by atomic mass is 16.5. The number of oxazole rings is 1. The first-order valence-corrected chi connectivity index (χ1v) is 12.3. The van der Waals surface area contributed by atoms with Gasteiger partial charge in [-0.25, -0.2) is 9.78 Å². The Hall–Kier alpha value is -3.64. The fourth-order valence-electron chi connectivity index (χ4n) is 4.32. The Kier molecular flexibility index (Phi) is 8.06. The van der Waals surface area contributed by atoms with Crippen molar-refractivity contribution in [2.24, 2.45) is 0 Å². The predicted octanol–water partition coefficient (Wildman–Crippen LogP) is 6.58. The fraction of sp³-hybridized carbons (Fsp3) is 0.333. The molecular weight excluding hydrogens is 454 g/mol. The molecule has 1 N–H and O–H groups in total. The monoisotopic (exact) mass is 487 g/mol. The smallest absolute Gasteiger partial charge is 0.333 e. The Balaban J connectivity index is 1.40. The van der Waals surface area contributed by atoms with E-state index in [-0.39, 0.29) is 0 Å². The van der Waals surface area contributed by atoms with E-state index >= 15 is 0 Å². The number of aryl methyl sites for hydroxylation is 2.